The lowest BCUT2D eigenvalue weighted by Gasteiger charge is -2.09. The molecule has 2 rings (SSSR count). The van der Waals surface area contributed by atoms with E-state index in [1.165, 1.54) is 0 Å². The first-order valence-electron chi connectivity index (χ1n) is 6.66. The minimum atomic E-state index is -0.956. The third kappa shape index (κ3) is 3.92. The summed E-state index contributed by atoms with van der Waals surface area (Å²) in [5, 5.41) is 12.1. The number of aromatic nitrogens is 2. The Hall–Kier alpha value is -2.63. The van der Waals surface area contributed by atoms with E-state index in [1.54, 1.807) is 37.5 Å². The summed E-state index contributed by atoms with van der Waals surface area (Å²) in [6.07, 6.45) is 3.98. The van der Waals surface area contributed by atoms with Crippen molar-refractivity contribution in [1.82, 2.24) is 9.97 Å². The molecule has 1 aromatic heterocycles. The zero-order valence-electron chi connectivity index (χ0n) is 12.0. The molecule has 0 fully saturated rings. The van der Waals surface area contributed by atoms with Crippen LogP contribution in [0.2, 0.25) is 0 Å². The van der Waals surface area contributed by atoms with Gasteiger partial charge in [-0.3, -0.25) is 4.98 Å². The van der Waals surface area contributed by atoms with E-state index in [0.717, 1.165) is 6.42 Å². The molecule has 21 heavy (non-hydrogen) atoms. The Morgan fingerprint density at radius 3 is 2.90 bits per heavy atom. The standard InChI is InChI=1S/C15H17N3O3/c1-3-6-21-14-9-16-8-13(18-14)17-11-5-4-10(2)12(7-11)15(19)20/h4-5,7-9H,3,6H2,1-2H3,(H,17,18)(H,19,20). The topological polar surface area (TPSA) is 84.3 Å². The number of aromatic carboxylic acids is 1. The van der Waals surface area contributed by atoms with Gasteiger partial charge in [-0.2, -0.15) is 4.98 Å². The molecule has 0 aliphatic rings. The first kappa shape index (κ1) is 14.8. The highest BCUT2D eigenvalue weighted by molar-refractivity contribution is 5.90. The van der Waals surface area contributed by atoms with Gasteiger partial charge in [0.1, 0.15) is 0 Å². The Balaban J connectivity index is 2.18. The van der Waals surface area contributed by atoms with Crippen LogP contribution in [0, 0.1) is 6.92 Å². The van der Waals surface area contributed by atoms with E-state index in [9.17, 15) is 4.79 Å². The van der Waals surface area contributed by atoms with Gasteiger partial charge in [0, 0.05) is 5.69 Å². The van der Waals surface area contributed by atoms with E-state index in [1.807, 2.05) is 6.92 Å². The van der Waals surface area contributed by atoms with E-state index < -0.39 is 5.97 Å². The van der Waals surface area contributed by atoms with E-state index in [4.69, 9.17) is 9.84 Å². The highest BCUT2D eigenvalue weighted by Crippen LogP contribution is 2.19. The maximum Gasteiger partial charge on any atom is 0.336 e. The van der Waals surface area contributed by atoms with Crippen molar-refractivity contribution >= 4 is 17.5 Å². The number of carboxylic acid groups (broad SMARTS) is 1. The van der Waals surface area contributed by atoms with E-state index in [2.05, 4.69) is 15.3 Å². The van der Waals surface area contributed by atoms with Crippen LogP contribution in [0.1, 0.15) is 29.3 Å². The molecule has 2 aromatic rings. The molecule has 0 saturated carbocycles. The van der Waals surface area contributed by atoms with Crippen molar-refractivity contribution in [2.24, 2.45) is 0 Å². The summed E-state index contributed by atoms with van der Waals surface area (Å²) >= 11 is 0. The summed E-state index contributed by atoms with van der Waals surface area (Å²) in [6.45, 7) is 4.34. The SMILES string of the molecule is CCCOc1cncc(Nc2ccc(C)c(C(=O)O)c2)n1. The second-order valence-corrected chi connectivity index (χ2v) is 4.55. The van der Waals surface area contributed by atoms with Crippen molar-refractivity contribution in [3.8, 4) is 5.88 Å². The molecule has 0 aliphatic carbocycles. The van der Waals surface area contributed by atoms with Gasteiger partial charge in [0.25, 0.3) is 0 Å². The maximum absolute atomic E-state index is 11.1. The monoisotopic (exact) mass is 287 g/mol. The zero-order valence-corrected chi connectivity index (χ0v) is 12.0. The number of aryl methyl sites for hydroxylation is 1. The summed E-state index contributed by atoms with van der Waals surface area (Å²) in [4.78, 5) is 19.4. The summed E-state index contributed by atoms with van der Waals surface area (Å²) in [7, 11) is 0. The van der Waals surface area contributed by atoms with Crippen molar-refractivity contribution in [2.45, 2.75) is 20.3 Å². The third-order valence-electron chi connectivity index (χ3n) is 2.81. The highest BCUT2D eigenvalue weighted by atomic mass is 16.5. The summed E-state index contributed by atoms with van der Waals surface area (Å²) < 4.78 is 5.41. The number of hydrogen-bond acceptors (Lipinski definition) is 5. The smallest absolute Gasteiger partial charge is 0.336 e. The largest absolute Gasteiger partial charge is 0.478 e. The minimum Gasteiger partial charge on any atom is -0.478 e. The number of carbonyl (C=O) groups is 1. The molecule has 0 aliphatic heterocycles. The minimum absolute atomic E-state index is 0.256. The first-order valence-corrected chi connectivity index (χ1v) is 6.66. The Morgan fingerprint density at radius 2 is 2.19 bits per heavy atom. The van der Waals surface area contributed by atoms with Gasteiger partial charge in [0.2, 0.25) is 5.88 Å². The number of nitrogens with one attached hydrogen (secondary N) is 1. The van der Waals surface area contributed by atoms with Crippen molar-refractivity contribution in [3.05, 3.63) is 41.7 Å². The van der Waals surface area contributed by atoms with Crippen LogP contribution in [-0.2, 0) is 0 Å². The molecule has 110 valence electrons. The second-order valence-electron chi connectivity index (χ2n) is 4.55. The van der Waals surface area contributed by atoms with Crippen LogP contribution in [-0.4, -0.2) is 27.7 Å². The van der Waals surface area contributed by atoms with E-state index in [-0.39, 0.29) is 5.56 Å². The average Bonchev–Trinajstić information content (AvgIpc) is 2.47. The number of hydrogen-bond donors (Lipinski definition) is 2. The summed E-state index contributed by atoms with van der Waals surface area (Å²) in [6, 6.07) is 5.11. The molecule has 6 nitrogen and oxygen atoms in total. The molecule has 1 heterocycles. The molecule has 0 bridgehead atoms. The predicted molar refractivity (Wildman–Crippen MR) is 79.2 cm³/mol. The van der Waals surface area contributed by atoms with Crippen LogP contribution in [0.25, 0.3) is 0 Å². The molecular formula is C15H17N3O3. The van der Waals surface area contributed by atoms with Gasteiger partial charge in [-0.05, 0) is 31.0 Å². The van der Waals surface area contributed by atoms with Gasteiger partial charge in [-0.1, -0.05) is 13.0 Å². The van der Waals surface area contributed by atoms with Gasteiger partial charge < -0.3 is 15.2 Å². The van der Waals surface area contributed by atoms with Gasteiger partial charge in [-0.25, -0.2) is 4.79 Å². The predicted octanol–water partition coefficient (Wildman–Crippen LogP) is 3.02. The highest BCUT2D eigenvalue weighted by Gasteiger charge is 2.08. The second kappa shape index (κ2) is 6.69. The van der Waals surface area contributed by atoms with Crippen LogP contribution >= 0.6 is 0 Å². The molecule has 2 N–H and O–H groups in total. The molecule has 0 amide bonds. The fourth-order valence-electron chi connectivity index (χ4n) is 1.76. The van der Waals surface area contributed by atoms with Gasteiger partial charge in [0.15, 0.2) is 5.82 Å². The molecule has 0 saturated heterocycles. The quantitative estimate of drug-likeness (QED) is 0.849. The van der Waals surface area contributed by atoms with Gasteiger partial charge >= 0.3 is 5.97 Å². The van der Waals surface area contributed by atoms with Crippen LogP contribution in [0.15, 0.2) is 30.6 Å². The number of rotatable bonds is 6. The van der Waals surface area contributed by atoms with E-state index in [0.29, 0.717) is 29.6 Å². The first-order chi connectivity index (χ1) is 10.1. The van der Waals surface area contributed by atoms with Crippen LogP contribution in [0.3, 0.4) is 0 Å². The lowest BCUT2D eigenvalue weighted by Crippen LogP contribution is -2.03. The lowest BCUT2D eigenvalue weighted by molar-refractivity contribution is 0.0696. The van der Waals surface area contributed by atoms with Crippen LogP contribution in [0.4, 0.5) is 11.5 Å². The van der Waals surface area contributed by atoms with Crippen molar-refractivity contribution in [2.75, 3.05) is 11.9 Å². The van der Waals surface area contributed by atoms with Crippen molar-refractivity contribution in [3.63, 3.8) is 0 Å². The fraction of sp³-hybridized carbons (Fsp3) is 0.267. The number of carboxylic acids is 1. The zero-order chi connectivity index (χ0) is 15.2. The Bertz CT molecular complexity index is 644. The molecule has 0 atom stereocenters. The molecule has 1 aromatic carbocycles. The van der Waals surface area contributed by atoms with E-state index >= 15 is 0 Å². The lowest BCUT2D eigenvalue weighted by atomic mass is 10.1. The average molecular weight is 287 g/mol. The molecule has 0 unspecified atom stereocenters. The Labute approximate surface area is 122 Å². The fourth-order valence-corrected chi connectivity index (χ4v) is 1.76. The third-order valence-corrected chi connectivity index (χ3v) is 2.81. The molecule has 0 spiro atoms. The van der Waals surface area contributed by atoms with Crippen molar-refractivity contribution in [1.29, 1.82) is 0 Å². The Morgan fingerprint density at radius 1 is 1.38 bits per heavy atom. The Kier molecular flexibility index (Phi) is 4.71. The summed E-state index contributed by atoms with van der Waals surface area (Å²) in [5.74, 6) is -0.0153. The number of benzene rings is 1. The van der Waals surface area contributed by atoms with Crippen molar-refractivity contribution < 1.29 is 14.6 Å². The van der Waals surface area contributed by atoms with Crippen LogP contribution < -0.4 is 10.1 Å². The molecular weight excluding hydrogens is 270 g/mol. The number of anilines is 2. The van der Waals surface area contributed by atoms with Gasteiger partial charge in [-0.15, -0.1) is 0 Å². The maximum atomic E-state index is 11.1. The molecule has 0 radical (unpaired) electrons. The van der Waals surface area contributed by atoms with Crippen LogP contribution in [0.5, 0.6) is 5.88 Å². The van der Waals surface area contributed by atoms with Gasteiger partial charge in [0.05, 0.1) is 24.6 Å². The summed E-state index contributed by atoms with van der Waals surface area (Å²) in [5.41, 5.74) is 1.60. The number of ether oxygens (including phenoxy) is 1. The number of nitrogens with zero attached hydrogens (tertiary/aromatic N) is 2. The normalized spacial score (nSPS) is 10.2. The molecule has 6 heteroatoms.